The van der Waals surface area contributed by atoms with Crippen molar-refractivity contribution in [1.82, 2.24) is 5.32 Å². The predicted molar refractivity (Wildman–Crippen MR) is 96.1 cm³/mol. The van der Waals surface area contributed by atoms with Crippen LogP contribution in [-0.2, 0) is 0 Å². The zero-order valence-electron chi connectivity index (χ0n) is 13.5. The molecule has 0 atom stereocenters. The van der Waals surface area contributed by atoms with E-state index in [2.05, 4.69) is 10.6 Å². The molecule has 24 heavy (non-hydrogen) atoms. The van der Waals surface area contributed by atoms with E-state index in [4.69, 9.17) is 21.7 Å². The Balaban J connectivity index is 2.10. The van der Waals surface area contributed by atoms with Gasteiger partial charge >= 0.3 is 0 Å². The largest absolute Gasteiger partial charge is 0.506 e. The Kier molecular flexibility index (Phi) is 5.59. The van der Waals surface area contributed by atoms with Gasteiger partial charge in [-0.2, -0.15) is 0 Å². The summed E-state index contributed by atoms with van der Waals surface area (Å²) in [6.45, 7) is 1.86. The summed E-state index contributed by atoms with van der Waals surface area (Å²) in [5, 5.41) is 15.3. The molecule has 2 aromatic carbocycles. The smallest absolute Gasteiger partial charge is 0.257 e. The number of phenols is 1. The maximum atomic E-state index is 12.3. The number of carbonyl (C=O) groups is 1. The van der Waals surface area contributed by atoms with Gasteiger partial charge in [0.15, 0.2) is 5.11 Å². The van der Waals surface area contributed by atoms with E-state index >= 15 is 0 Å². The number of amides is 1. The molecule has 0 spiro atoms. The third-order valence-corrected chi connectivity index (χ3v) is 3.45. The minimum absolute atomic E-state index is 0.0506. The zero-order valence-corrected chi connectivity index (χ0v) is 14.4. The average Bonchev–Trinajstić information content (AvgIpc) is 2.56. The van der Waals surface area contributed by atoms with Gasteiger partial charge < -0.3 is 19.9 Å². The summed E-state index contributed by atoms with van der Waals surface area (Å²) in [6, 6.07) is 9.90. The number of aryl methyl sites for hydroxylation is 1. The third kappa shape index (κ3) is 4.36. The van der Waals surface area contributed by atoms with Gasteiger partial charge in [-0.1, -0.05) is 6.07 Å². The van der Waals surface area contributed by atoms with E-state index in [1.54, 1.807) is 30.3 Å². The summed E-state index contributed by atoms with van der Waals surface area (Å²) >= 11 is 5.11. The molecule has 126 valence electrons. The predicted octanol–water partition coefficient (Wildman–Crippen LogP) is 2.84. The molecule has 0 heterocycles. The fraction of sp³-hybridized carbons (Fsp3) is 0.176. The minimum Gasteiger partial charge on any atom is -0.506 e. The number of benzene rings is 2. The molecule has 0 aliphatic rings. The lowest BCUT2D eigenvalue weighted by atomic mass is 10.2. The van der Waals surface area contributed by atoms with Gasteiger partial charge in [-0.05, 0) is 49.0 Å². The number of rotatable bonds is 4. The molecular weight excluding hydrogens is 328 g/mol. The van der Waals surface area contributed by atoms with Crippen LogP contribution in [0.1, 0.15) is 15.9 Å². The molecule has 0 radical (unpaired) electrons. The van der Waals surface area contributed by atoms with Crippen molar-refractivity contribution in [2.75, 3.05) is 19.5 Å². The van der Waals surface area contributed by atoms with Crippen molar-refractivity contribution in [3.8, 4) is 17.2 Å². The number of aromatic hydroxyl groups is 1. The first-order valence-electron chi connectivity index (χ1n) is 7.08. The third-order valence-electron chi connectivity index (χ3n) is 3.24. The quantitative estimate of drug-likeness (QED) is 0.584. The number of methoxy groups -OCH3 is 2. The zero-order chi connectivity index (χ0) is 17.7. The minimum atomic E-state index is -0.420. The highest BCUT2D eigenvalue weighted by atomic mass is 32.1. The molecule has 0 aromatic heterocycles. The Labute approximate surface area is 145 Å². The van der Waals surface area contributed by atoms with Crippen LogP contribution in [0.5, 0.6) is 17.2 Å². The molecule has 0 saturated heterocycles. The number of carbonyl (C=O) groups excluding carboxylic acids is 1. The van der Waals surface area contributed by atoms with Crippen molar-refractivity contribution in [2.24, 2.45) is 0 Å². The van der Waals surface area contributed by atoms with Crippen LogP contribution >= 0.6 is 12.2 Å². The van der Waals surface area contributed by atoms with Gasteiger partial charge in [0.25, 0.3) is 5.91 Å². The molecule has 6 nitrogen and oxygen atoms in total. The molecule has 0 bridgehead atoms. The van der Waals surface area contributed by atoms with Crippen LogP contribution < -0.4 is 20.1 Å². The van der Waals surface area contributed by atoms with Crippen molar-refractivity contribution in [2.45, 2.75) is 6.92 Å². The molecular formula is C17H18N2O4S. The fourth-order valence-corrected chi connectivity index (χ4v) is 2.22. The second-order valence-electron chi connectivity index (χ2n) is 5.03. The Bertz CT molecular complexity index is 755. The summed E-state index contributed by atoms with van der Waals surface area (Å²) in [6.07, 6.45) is 0. The van der Waals surface area contributed by atoms with Crippen molar-refractivity contribution in [3.05, 3.63) is 47.5 Å². The molecule has 0 unspecified atom stereocenters. The van der Waals surface area contributed by atoms with Crippen LogP contribution in [0.4, 0.5) is 5.69 Å². The second kappa shape index (κ2) is 7.65. The van der Waals surface area contributed by atoms with Crippen LogP contribution in [0, 0.1) is 6.92 Å². The van der Waals surface area contributed by atoms with Crippen LogP contribution in [0.15, 0.2) is 36.4 Å². The number of anilines is 1. The summed E-state index contributed by atoms with van der Waals surface area (Å²) < 4.78 is 10.3. The van der Waals surface area contributed by atoms with Gasteiger partial charge in [0.2, 0.25) is 0 Å². The maximum Gasteiger partial charge on any atom is 0.257 e. The first kappa shape index (κ1) is 17.6. The number of nitrogens with one attached hydrogen (secondary N) is 2. The van der Waals surface area contributed by atoms with E-state index in [0.29, 0.717) is 22.7 Å². The van der Waals surface area contributed by atoms with Crippen LogP contribution in [0.25, 0.3) is 0 Å². The molecule has 0 aliphatic carbocycles. The lowest BCUT2D eigenvalue weighted by Crippen LogP contribution is -2.34. The normalized spacial score (nSPS) is 9.96. The topological polar surface area (TPSA) is 79.8 Å². The molecule has 3 N–H and O–H groups in total. The lowest BCUT2D eigenvalue weighted by molar-refractivity contribution is 0.0977. The van der Waals surface area contributed by atoms with E-state index in [-0.39, 0.29) is 10.9 Å². The number of hydrogen-bond acceptors (Lipinski definition) is 5. The Hall–Kier alpha value is -2.80. The number of hydrogen-bond donors (Lipinski definition) is 3. The number of thiocarbonyl (C=S) groups is 1. The monoisotopic (exact) mass is 346 g/mol. The first-order chi connectivity index (χ1) is 11.4. The molecule has 7 heteroatoms. The van der Waals surface area contributed by atoms with E-state index in [1.165, 1.54) is 14.2 Å². The summed E-state index contributed by atoms with van der Waals surface area (Å²) in [7, 11) is 3.01. The fourth-order valence-electron chi connectivity index (χ4n) is 2.01. The van der Waals surface area contributed by atoms with E-state index in [9.17, 15) is 9.90 Å². The number of ether oxygens (including phenoxy) is 2. The van der Waals surface area contributed by atoms with Crippen LogP contribution in [0.3, 0.4) is 0 Å². The Morgan fingerprint density at radius 3 is 2.25 bits per heavy atom. The summed E-state index contributed by atoms with van der Waals surface area (Å²) in [5.41, 5.74) is 1.66. The highest BCUT2D eigenvalue weighted by molar-refractivity contribution is 7.80. The molecule has 2 aromatic rings. The van der Waals surface area contributed by atoms with E-state index in [1.807, 2.05) is 13.0 Å². The van der Waals surface area contributed by atoms with Gasteiger partial charge in [0, 0.05) is 11.6 Å². The molecule has 0 saturated carbocycles. The van der Waals surface area contributed by atoms with Gasteiger partial charge in [-0.25, -0.2) is 0 Å². The van der Waals surface area contributed by atoms with Crippen LogP contribution in [-0.4, -0.2) is 30.3 Å². The molecule has 2 rings (SSSR count). The average molecular weight is 346 g/mol. The summed E-state index contributed by atoms with van der Waals surface area (Å²) in [4.78, 5) is 12.3. The van der Waals surface area contributed by atoms with Gasteiger partial charge in [0.05, 0.1) is 19.9 Å². The van der Waals surface area contributed by atoms with Crippen molar-refractivity contribution < 1.29 is 19.4 Å². The van der Waals surface area contributed by atoms with E-state index < -0.39 is 5.91 Å². The van der Waals surface area contributed by atoms with Crippen molar-refractivity contribution >= 4 is 28.9 Å². The standard InChI is InChI=1S/C17H18N2O4S/c1-10-4-5-14(15(20)6-10)18-17(24)19-16(21)11-7-12(22-2)9-13(8-11)23-3/h4-9,20H,1-3H3,(H2,18,19,21,24). The second-order valence-corrected chi connectivity index (χ2v) is 5.44. The highest BCUT2D eigenvalue weighted by Crippen LogP contribution is 2.24. The van der Waals surface area contributed by atoms with Crippen molar-refractivity contribution in [3.63, 3.8) is 0 Å². The molecule has 0 aliphatic heterocycles. The molecule has 0 fully saturated rings. The molecule has 1 amide bonds. The SMILES string of the molecule is COc1cc(OC)cc(C(=O)NC(=S)Nc2ccc(C)cc2O)c1. The highest BCUT2D eigenvalue weighted by Gasteiger charge is 2.12. The summed E-state index contributed by atoms with van der Waals surface area (Å²) in [5.74, 6) is 0.620. The van der Waals surface area contributed by atoms with Crippen molar-refractivity contribution in [1.29, 1.82) is 0 Å². The Morgan fingerprint density at radius 2 is 1.71 bits per heavy atom. The maximum absolute atomic E-state index is 12.3. The number of phenolic OH excluding ortho intramolecular Hbond substituents is 1. The van der Waals surface area contributed by atoms with E-state index in [0.717, 1.165) is 5.56 Å². The van der Waals surface area contributed by atoms with Gasteiger partial charge in [0.1, 0.15) is 17.2 Å². The van der Waals surface area contributed by atoms with Crippen LogP contribution in [0.2, 0.25) is 0 Å². The Morgan fingerprint density at radius 1 is 1.08 bits per heavy atom. The first-order valence-corrected chi connectivity index (χ1v) is 7.48. The van der Waals surface area contributed by atoms with Gasteiger partial charge in [-0.15, -0.1) is 0 Å². The lowest BCUT2D eigenvalue weighted by Gasteiger charge is -2.12. The van der Waals surface area contributed by atoms with Gasteiger partial charge in [-0.3, -0.25) is 10.1 Å².